The number of rotatable bonds is 9. The van der Waals surface area contributed by atoms with Crippen molar-refractivity contribution in [2.45, 2.75) is 127 Å². The Labute approximate surface area is 685 Å². The molecule has 0 atom stereocenters. The van der Waals surface area contributed by atoms with Gasteiger partial charge in [-0.15, -0.1) is 0 Å². The molecule has 0 saturated heterocycles. The van der Waals surface area contributed by atoms with Gasteiger partial charge in [0.15, 0.2) is 24.8 Å². The zero-order valence-corrected chi connectivity index (χ0v) is 70.3. The minimum atomic E-state index is 0.260. The fraction of sp³-hybridized carbons (Fsp3) is 0.229. The van der Waals surface area contributed by atoms with Crippen LogP contribution in [0.15, 0.2) is 285 Å². The molecule has 12 aromatic carbocycles. The number of hydrogen-bond acceptors (Lipinski definition) is 4. The molecule has 0 spiro atoms. The van der Waals surface area contributed by atoms with E-state index in [0.29, 0.717) is 17.8 Å². The zero-order valence-electron chi connectivity index (χ0n) is 70.3. The Morgan fingerprint density at radius 1 is 0.316 bits per heavy atom. The van der Waals surface area contributed by atoms with Crippen LogP contribution in [0.3, 0.4) is 0 Å². The molecule has 0 N–H and O–H groups in total. The third-order valence-corrected chi connectivity index (χ3v) is 24.9. The lowest BCUT2D eigenvalue weighted by Crippen LogP contribution is -2.31. The Balaban J connectivity index is 0.000000108. The predicted octanol–water partition coefficient (Wildman–Crippen LogP) is 27.7. The van der Waals surface area contributed by atoms with Gasteiger partial charge in [0, 0.05) is 135 Å². The van der Waals surface area contributed by atoms with Gasteiger partial charge in [0.05, 0.1) is 22.3 Å². The molecule has 0 unspecified atom stereocenters. The van der Waals surface area contributed by atoms with Crippen molar-refractivity contribution < 1.29 is 35.9 Å². The largest absolute Gasteiger partial charge is 0.455 e. The van der Waals surface area contributed by atoms with E-state index < -0.39 is 0 Å². The summed E-state index contributed by atoms with van der Waals surface area (Å²) in [6.07, 6.45) is 16.2. The molecule has 20 aromatic rings. The van der Waals surface area contributed by atoms with Crippen molar-refractivity contribution in [2.75, 3.05) is 0 Å². The van der Waals surface area contributed by atoms with Crippen LogP contribution in [-0.4, -0.2) is 0 Å². The van der Waals surface area contributed by atoms with E-state index in [1.807, 2.05) is 0 Å². The van der Waals surface area contributed by atoms with E-state index in [2.05, 4.69) is 390 Å². The molecule has 0 radical (unpaired) electrons. The molecule has 1 aliphatic carbocycles. The molecule has 8 heteroatoms. The standard InChI is InChI=1S/C28H26NO.C28H28NO.C27H26NO.C26H24NO/c1-18-22(26-17-21(15-16-29(26)2)19-7-3-4-8-19)13-14-24-25-12-11-20-9-5-6-10-23(20)28(25)30-27(18)24;1-18-21(25-16-19(14-15-29(25)5)17-28(2,3)4)12-13-23-24-11-10-20-8-6-7-9-22(20)27(24)30-26(18)23;1-17(2)15-19-13-14-28(4)25(16-19)21-11-12-23-24-10-9-20-7-5-6-8-22(20)27(24)29-26(23)18(21)3;1-16(2)19-13-14-27(4)24(15-19)20-11-12-22-23-10-9-18-7-5-6-8-21(18)26(23)28-25(22)17(20)3/h5-6,9-17,19H,3-4,7-8H2,1-2H3;6-16H,17H2,1-5H3;5-14,16-17H,15H2,1-4H3;5-16H,1-4H3/q4*+1. The quantitative estimate of drug-likeness (QED) is 0.135. The molecule has 1 aliphatic rings. The van der Waals surface area contributed by atoms with Crippen LogP contribution in [-0.2, 0) is 41.0 Å². The second-order valence-corrected chi connectivity index (χ2v) is 35.0. The van der Waals surface area contributed by atoms with Crippen LogP contribution >= 0.6 is 0 Å². The maximum absolute atomic E-state index is 6.52. The van der Waals surface area contributed by atoms with Crippen LogP contribution in [0.1, 0.15) is 130 Å². The van der Waals surface area contributed by atoms with Crippen molar-refractivity contribution in [1.82, 2.24) is 0 Å². The van der Waals surface area contributed by atoms with Crippen molar-refractivity contribution in [3.8, 4) is 45.0 Å². The topological polar surface area (TPSA) is 68.1 Å². The van der Waals surface area contributed by atoms with Crippen molar-refractivity contribution in [3.63, 3.8) is 0 Å². The first-order chi connectivity index (χ1) is 56.6. The SMILES string of the molecule is Cc1c(-c2cc(C(C)C)cc[n+]2C)ccc2c1oc1c3ccccc3ccc21.Cc1c(-c2cc(C3CCCC3)cc[n+]2C)ccc2c1oc1c3ccccc3ccc21.Cc1c(-c2cc(CC(C)(C)C)cc[n+]2C)ccc2c1oc1c3ccccc3ccc21.Cc1c(-c2cc(CC(C)C)cc[n+]2C)ccc2c1oc1c3ccccc3ccc21. The van der Waals surface area contributed by atoms with Crippen molar-refractivity contribution >= 4 is 131 Å². The highest BCUT2D eigenvalue weighted by atomic mass is 16.3. The maximum Gasteiger partial charge on any atom is 0.212 e. The zero-order chi connectivity index (χ0) is 80.8. The Hall–Kier alpha value is -12.5. The number of nitrogens with zero attached hydrogens (tertiary/aromatic N) is 4. The van der Waals surface area contributed by atoms with Gasteiger partial charge in [0.2, 0.25) is 22.8 Å². The molecule has 0 bridgehead atoms. The number of furan rings is 4. The summed E-state index contributed by atoms with van der Waals surface area (Å²) in [5.74, 6) is 1.86. The minimum absolute atomic E-state index is 0.260. The van der Waals surface area contributed by atoms with E-state index in [1.54, 1.807) is 0 Å². The molecule has 8 heterocycles. The van der Waals surface area contributed by atoms with Crippen LogP contribution in [0.2, 0.25) is 0 Å². The Morgan fingerprint density at radius 2 is 0.615 bits per heavy atom. The molecule has 117 heavy (non-hydrogen) atoms. The van der Waals surface area contributed by atoms with Gasteiger partial charge in [0.25, 0.3) is 0 Å². The van der Waals surface area contributed by atoms with Gasteiger partial charge in [-0.3, -0.25) is 0 Å². The van der Waals surface area contributed by atoms with E-state index in [0.717, 1.165) is 57.5 Å². The molecule has 580 valence electrons. The average molecular weight is 1530 g/mol. The lowest BCUT2D eigenvalue weighted by molar-refractivity contribution is -0.660. The fourth-order valence-electron chi connectivity index (χ4n) is 18.6. The van der Waals surface area contributed by atoms with Gasteiger partial charge in [-0.25, -0.2) is 18.3 Å². The third-order valence-electron chi connectivity index (χ3n) is 24.9. The number of fused-ring (bicyclic) bond motifs is 20. The van der Waals surface area contributed by atoms with Gasteiger partial charge in [-0.1, -0.05) is 183 Å². The summed E-state index contributed by atoms with van der Waals surface area (Å²) in [6.45, 7) is 24.6. The normalized spacial score (nSPS) is 12.8. The van der Waals surface area contributed by atoms with Crippen molar-refractivity contribution in [2.24, 2.45) is 39.5 Å². The summed E-state index contributed by atoms with van der Waals surface area (Å²) < 4.78 is 34.8. The van der Waals surface area contributed by atoms with E-state index in [9.17, 15) is 0 Å². The van der Waals surface area contributed by atoms with Crippen LogP contribution in [0, 0.1) is 39.0 Å². The van der Waals surface area contributed by atoms with Crippen LogP contribution in [0.4, 0.5) is 0 Å². The van der Waals surface area contributed by atoms with E-state index in [-0.39, 0.29) is 5.41 Å². The molecule has 1 saturated carbocycles. The monoisotopic (exact) mass is 1530 g/mol. The maximum atomic E-state index is 6.52. The molecule has 8 aromatic heterocycles. The summed E-state index contributed by atoms with van der Waals surface area (Å²) in [5, 5.41) is 19.1. The number of aryl methyl sites for hydroxylation is 8. The van der Waals surface area contributed by atoms with Gasteiger partial charge in [0.1, 0.15) is 72.9 Å². The minimum Gasteiger partial charge on any atom is -0.455 e. The van der Waals surface area contributed by atoms with Gasteiger partial charge in [-0.2, -0.15) is 0 Å². The summed E-state index contributed by atoms with van der Waals surface area (Å²) in [5.41, 5.74) is 28.4. The summed E-state index contributed by atoms with van der Waals surface area (Å²) in [6, 6.07) is 87.5. The molecular weight excluding hydrogens is 1430 g/mol. The summed E-state index contributed by atoms with van der Waals surface area (Å²) in [4.78, 5) is 0. The molecular formula is C109H104N4O4+4. The third kappa shape index (κ3) is 14.0. The van der Waals surface area contributed by atoms with Crippen molar-refractivity contribution in [1.29, 1.82) is 0 Å². The predicted molar refractivity (Wildman–Crippen MR) is 487 cm³/mol. The van der Waals surface area contributed by atoms with Crippen LogP contribution < -0.4 is 18.3 Å². The first-order valence-corrected chi connectivity index (χ1v) is 41.9. The highest BCUT2D eigenvalue weighted by Crippen LogP contribution is 2.45. The first-order valence-electron chi connectivity index (χ1n) is 41.9. The number of aromatic nitrogens is 4. The lowest BCUT2D eigenvalue weighted by Gasteiger charge is -2.18. The molecule has 8 nitrogen and oxygen atoms in total. The number of hydrogen-bond donors (Lipinski definition) is 0. The molecule has 0 amide bonds. The molecule has 21 rings (SSSR count). The van der Waals surface area contributed by atoms with Gasteiger partial charge in [-0.05, 0) is 193 Å². The summed E-state index contributed by atoms with van der Waals surface area (Å²) in [7, 11) is 8.48. The van der Waals surface area contributed by atoms with Crippen molar-refractivity contribution in [3.05, 3.63) is 312 Å². The number of benzene rings is 12. The number of pyridine rings is 4. The second-order valence-electron chi connectivity index (χ2n) is 35.0. The van der Waals surface area contributed by atoms with Crippen LogP contribution in [0.5, 0.6) is 0 Å². The molecule has 1 fully saturated rings. The second kappa shape index (κ2) is 30.6. The molecule has 0 aliphatic heterocycles. The highest BCUT2D eigenvalue weighted by molar-refractivity contribution is 6.20. The van der Waals surface area contributed by atoms with E-state index in [1.165, 1.54) is 201 Å². The average Bonchev–Trinajstić information content (AvgIpc) is 1.62. The van der Waals surface area contributed by atoms with Gasteiger partial charge >= 0.3 is 0 Å². The Kier molecular flexibility index (Phi) is 19.8. The van der Waals surface area contributed by atoms with Crippen LogP contribution in [0.25, 0.3) is 176 Å². The van der Waals surface area contributed by atoms with Gasteiger partial charge < -0.3 is 17.7 Å². The Bertz CT molecular complexity index is 7310. The van der Waals surface area contributed by atoms with E-state index in [4.69, 9.17) is 17.7 Å². The van der Waals surface area contributed by atoms with E-state index >= 15 is 0 Å². The lowest BCUT2D eigenvalue weighted by atomic mass is 9.88. The fourth-order valence-corrected chi connectivity index (χ4v) is 18.6. The smallest absolute Gasteiger partial charge is 0.212 e. The highest BCUT2D eigenvalue weighted by Gasteiger charge is 2.28. The Morgan fingerprint density at radius 3 is 0.966 bits per heavy atom. The summed E-state index contributed by atoms with van der Waals surface area (Å²) >= 11 is 0. The first kappa shape index (κ1) is 75.8.